The van der Waals surface area contributed by atoms with Crippen LogP contribution in [0.2, 0.25) is 0 Å². The molecule has 24 heavy (non-hydrogen) atoms. The average Bonchev–Trinajstić information content (AvgIpc) is 2.78. The minimum atomic E-state index is -0.547. The summed E-state index contributed by atoms with van der Waals surface area (Å²) in [7, 11) is 0. The second-order valence-electron chi connectivity index (χ2n) is 7.13. The summed E-state index contributed by atoms with van der Waals surface area (Å²) in [6, 6.07) is 0.0974. The van der Waals surface area contributed by atoms with E-state index in [0.717, 1.165) is 25.8 Å². The molecule has 9 heteroatoms. The second-order valence-corrected chi connectivity index (χ2v) is 7.13. The molecule has 134 valence electrons. The highest BCUT2D eigenvalue weighted by Gasteiger charge is 2.42. The molecule has 1 fully saturated rings. The fourth-order valence-electron chi connectivity index (χ4n) is 3.55. The molecule has 0 amide bonds. The highest BCUT2D eigenvalue weighted by molar-refractivity contribution is 5.71. The summed E-state index contributed by atoms with van der Waals surface area (Å²) in [6.07, 6.45) is 2.60. The molecule has 1 aromatic heterocycles. The first-order chi connectivity index (χ1) is 11.4. The highest BCUT2D eigenvalue weighted by Crippen LogP contribution is 2.34. The summed E-state index contributed by atoms with van der Waals surface area (Å²) in [5, 5.41) is 1.49. The first-order valence-corrected chi connectivity index (χ1v) is 8.55. The summed E-state index contributed by atoms with van der Waals surface area (Å²) in [6.45, 7) is 6.54. The molecule has 2 unspecified atom stereocenters. The van der Waals surface area contributed by atoms with Gasteiger partial charge < -0.3 is 10.6 Å². The number of likely N-dealkylation sites (tertiary alicyclic amines) is 1. The van der Waals surface area contributed by atoms with E-state index < -0.39 is 11.2 Å². The minimum absolute atomic E-state index is 0.0974. The number of nitrogens with one attached hydrogen (secondary N) is 2. The van der Waals surface area contributed by atoms with Gasteiger partial charge in [0.1, 0.15) is 5.69 Å². The number of hydrogen-bond acceptors (Lipinski definition) is 7. The van der Waals surface area contributed by atoms with Gasteiger partial charge in [0.2, 0.25) is 0 Å². The van der Waals surface area contributed by atoms with E-state index in [9.17, 15) is 9.59 Å². The van der Waals surface area contributed by atoms with E-state index in [2.05, 4.69) is 28.7 Å². The van der Waals surface area contributed by atoms with Crippen LogP contribution in [0.25, 0.3) is 0 Å². The predicted molar refractivity (Wildman–Crippen MR) is 93.7 cm³/mol. The van der Waals surface area contributed by atoms with Gasteiger partial charge in [0.15, 0.2) is 12.1 Å². The van der Waals surface area contributed by atoms with Crippen molar-refractivity contribution in [1.29, 1.82) is 0 Å². The van der Waals surface area contributed by atoms with Gasteiger partial charge in [-0.05, 0) is 25.2 Å². The van der Waals surface area contributed by atoms with E-state index in [0.29, 0.717) is 30.5 Å². The first kappa shape index (κ1) is 17.0. The number of fused-ring (bicyclic) bond motifs is 1. The molecule has 9 nitrogen and oxygen atoms in total. The van der Waals surface area contributed by atoms with Crippen LogP contribution in [0.4, 0.5) is 11.5 Å². The van der Waals surface area contributed by atoms with Crippen LogP contribution in [0.1, 0.15) is 33.1 Å². The molecule has 2 aliphatic heterocycles. The van der Waals surface area contributed by atoms with Crippen molar-refractivity contribution in [3.8, 4) is 0 Å². The van der Waals surface area contributed by atoms with Gasteiger partial charge in [-0.3, -0.25) is 24.7 Å². The van der Waals surface area contributed by atoms with Gasteiger partial charge in [0, 0.05) is 25.7 Å². The zero-order valence-corrected chi connectivity index (χ0v) is 14.3. The van der Waals surface area contributed by atoms with Crippen LogP contribution in [0.5, 0.6) is 0 Å². The highest BCUT2D eigenvalue weighted by atomic mass is 16.2. The van der Waals surface area contributed by atoms with Gasteiger partial charge in [-0.25, -0.2) is 10.6 Å². The number of nitrogens with two attached hydrogens (primary N) is 2. The van der Waals surface area contributed by atoms with E-state index in [1.165, 1.54) is 5.01 Å². The van der Waals surface area contributed by atoms with Crippen LogP contribution in [-0.4, -0.2) is 46.8 Å². The first-order valence-electron chi connectivity index (χ1n) is 8.55. The second kappa shape index (κ2) is 6.58. The number of rotatable bonds is 4. The maximum absolute atomic E-state index is 12.4. The summed E-state index contributed by atoms with van der Waals surface area (Å²) >= 11 is 0. The normalized spacial score (nSPS) is 24.7. The minimum Gasteiger partial charge on any atom is -0.330 e. The van der Waals surface area contributed by atoms with Crippen molar-refractivity contribution < 1.29 is 0 Å². The third-order valence-electron chi connectivity index (χ3n) is 4.73. The fourth-order valence-corrected chi connectivity index (χ4v) is 3.55. The van der Waals surface area contributed by atoms with Crippen molar-refractivity contribution >= 4 is 11.5 Å². The maximum atomic E-state index is 12.4. The Morgan fingerprint density at radius 3 is 2.71 bits per heavy atom. The SMILES string of the molecule is CC(C)CCN1c2c([nH]c(=O)[nH]c2=O)N(N)C1N1CCCC(N)C1. The number of aromatic amines is 2. The zero-order chi connectivity index (χ0) is 17.4. The van der Waals surface area contributed by atoms with Gasteiger partial charge in [-0.2, -0.15) is 0 Å². The van der Waals surface area contributed by atoms with Crippen LogP contribution >= 0.6 is 0 Å². The van der Waals surface area contributed by atoms with Crippen molar-refractivity contribution in [2.75, 3.05) is 29.5 Å². The van der Waals surface area contributed by atoms with Crippen molar-refractivity contribution in [2.45, 2.75) is 45.4 Å². The Bertz CT molecular complexity index is 698. The van der Waals surface area contributed by atoms with Crippen LogP contribution in [0, 0.1) is 5.92 Å². The average molecular weight is 337 g/mol. The Labute approximate surface area is 140 Å². The van der Waals surface area contributed by atoms with E-state index in [1.54, 1.807) is 0 Å². The molecule has 2 atom stereocenters. The lowest BCUT2D eigenvalue weighted by Gasteiger charge is -2.42. The summed E-state index contributed by atoms with van der Waals surface area (Å²) in [5.74, 6) is 7.15. The fraction of sp³-hybridized carbons (Fsp3) is 0.733. The maximum Gasteiger partial charge on any atom is 0.327 e. The van der Waals surface area contributed by atoms with Gasteiger partial charge >= 0.3 is 5.69 Å². The largest absolute Gasteiger partial charge is 0.330 e. The van der Waals surface area contributed by atoms with Gasteiger partial charge in [0.05, 0.1) is 0 Å². The lowest BCUT2D eigenvalue weighted by atomic mass is 10.1. The van der Waals surface area contributed by atoms with E-state index in [-0.39, 0.29) is 12.3 Å². The number of hydrazine groups is 1. The molecule has 2 aliphatic rings. The van der Waals surface area contributed by atoms with Crippen molar-refractivity contribution in [2.24, 2.45) is 17.5 Å². The van der Waals surface area contributed by atoms with Crippen LogP contribution in [0.3, 0.4) is 0 Å². The number of H-pyrrole nitrogens is 2. The van der Waals surface area contributed by atoms with Gasteiger partial charge in [-0.1, -0.05) is 13.8 Å². The number of hydrogen-bond donors (Lipinski definition) is 4. The molecule has 6 N–H and O–H groups in total. The molecule has 0 spiro atoms. The van der Waals surface area contributed by atoms with Crippen LogP contribution in [-0.2, 0) is 0 Å². The quantitative estimate of drug-likeness (QED) is 0.536. The lowest BCUT2D eigenvalue weighted by Crippen LogP contribution is -2.61. The van der Waals surface area contributed by atoms with E-state index >= 15 is 0 Å². The number of nitrogens with zero attached hydrogens (tertiary/aromatic N) is 3. The Balaban J connectivity index is 1.99. The predicted octanol–water partition coefficient (Wildman–Crippen LogP) is -0.684. The van der Waals surface area contributed by atoms with E-state index in [4.69, 9.17) is 11.6 Å². The summed E-state index contributed by atoms with van der Waals surface area (Å²) in [5.41, 5.74) is 5.60. The third-order valence-corrected chi connectivity index (χ3v) is 4.73. The van der Waals surface area contributed by atoms with Crippen molar-refractivity contribution in [1.82, 2.24) is 14.9 Å². The van der Waals surface area contributed by atoms with Crippen LogP contribution < -0.4 is 32.7 Å². The Hall–Kier alpha value is -1.84. The summed E-state index contributed by atoms with van der Waals surface area (Å²) in [4.78, 5) is 33.2. The lowest BCUT2D eigenvalue weighted by molar-refractivity contribution is 0.144. The van der Waals surface area contributed by atoms with Gasteiger partial charge in [-0.15, -0.1) is 0 Å². The molecular formula is C15H27N7O2. The van der Waals surface area contributed by atoms with Crippen molar-refractivity contribution in [3.05, 3.63) is 20.8 Å². The standard InChI is InChI=1S/C15H27N7O2/c1-9(2)5-7-21-11-12(18-14(24)19-13(11)23)22(17)15(21)20-6-3-4-10(16)8-20/h9-10,15H,3-8,16-17H2,1-2H3,(H2,18,19,23,24). The molecule has 0 radical (unpaired) electrons. The van der Waals surface area contributed by atoms with E-state index in [1.807, 2.05) is 4.90 Å². The van der Waals surface area contributed by atoms with Crippen molar-refractivity contribution in [3.63, 3.8) is 0 Å². The molecule has 1 saturated heterocycles. The molecule has 0 aromatic carbocycles. The topological polar surface area (TPSA) is 127 Å². The smallest absolute Gasteiger partial charge is 0.327 e. The molecule has 3 heterocycles. The number of aromatic nitrogens is 2. The molecule has 1 aromatic rings. The molecule has 3 rings (SSSR count). The van der Waals surface area contributed by atoms with Crippen LogP contribution in [0.15, 0.2) is 9.59 Å². The zero-order valence-electron chi connectivity index (χ0n) is 14.3. The summed E-state index contributed by atoms with van der Waals surface area (Å²) < 4.78 is 0. The Kier molecular flexibility index (Phi) is 4.66. The third kappa shape index (κ3) is 3.06. The molecule has 0 saturated carbocycles. The number of anilines is 2. The monoisotopic (exact) mass is 337 g/mol. The number of piperidine rings is 1. The van der Waals surface area contributed by atoms with Gasteiger partial charge in [0.25, 0.3) is 5.56 Å². The Morgan fingerprint density at radius 1 is 1.29 bits per heavy atom. The Morgan fingerprint density at radius 2 is 2.04 bits per heavy atom. The molecule has 0 aliphatic carbocycles. The molecule has 0 bridgehead atoms. The molecular weight excluding hydrogens is 310 g/mol.